The topological polar surface area (TPSA) is 18.5 Å². The second-order valence-electron chi connectivity index (χ2n) is 5.64. The Morgan fingerprint density at radius 3 is 1.65 bits per heavy atom. The Balaban J connectivity index is 0.000000244. The van der Waals surface area contributed by atoms with Crippen LogP contribution in [-0.2, 0) is 4.74 Å². The lowest BCUT2D eigenvalue weighted by atomic mass is 9.84. The van der Waals surface area contributed by atoms with Gasteiger partial charge in [0.05, 0.1) is 7.11 Å². The molecule has 0 saturated heterocycles. The Bertz CT molecular complexity index is 463. The van der Waals surface area contributed by atoms with E-state index in [9.17, 15) is 0 Å². The van der Waals surface area contributed by atoms with Gasteiger partial charge < -0.3 is 9.47 Å². The van der Waals surface area contributed by atoms with E-state index in [1.807, 2.05) is 42.5 Å². The summed E-state index contributed by atoms with van der Waals surface area (Å²) in [7, 11) is 5.02. The summed E-state index contributed by atoms with van der Waals surface area (Å²) in [4.78, 5) is 0. The molecule has 0 spiro atoms. The Labute approximate surface area is 141 Å². The highest BCUT2D eigenvalue weighted by Crippen LogP contribution is 2.36. The minimum Gasteiger partial charge on any atom is -0.496 e. The highest BCUT2D eigenvalue weighted by atomic mass is 16.5. The third-order valence-corrected chi connectivity index (χ3v) is 3.85. The van der Waals surface area contributed by atoms with Crippen LogP contribution >= 0.6 is 0 Å². The molecule has 2 nitrogen and oxygen atoms in total. The predicted molar refractivity (Wildman–Crippen MR) is 98.2 cm³/mol. The molecule has 1 aliphatic carbocycles. The fourth-order valence-electron chi connectivity index (χ4n) is 2.80. The van der Waals surface area contributed by atoms with Gasteiger partial charge in [-0.3, -0.25) is 0 Å². The van der Waals surface area contributed by atoms with Crippen LogP contribution in [0.4, 0.5) is 0 Å². The second-order valence-corrected chi connectivity index (χ2v) is 5.64. The van der Waals surface area contributed by atoms with Crippen molar-refractivity contribution in [1.29, 1.82) is 0 Å². The molecule has 126 valence electrons. The number of hydrogen-bond donors (Lipinski definition) is 0. The molecule has 1 saturated carbocycles. The Morgan fingerprint density at radius 2 is 1.17 bits per heavy atom. The van der Waals surface area contributed by atoms with Gasteiger partial charge in [-0.15, -0.1) is 0 Å². The van der Waals surface area contributed by atoms with E-state index in [1.165, 1.54) is 37.7 Å². The van der Waals surface area contributed by atoms with Crippen LogP contribution < -0.4 is 4.74 Å². The maximum atomic E-state index is 5.40. The van der Waals surface area contributed by atoms with E-state index >= 15 is 0 Å². The highest BCUT2D eigenvalue weighted by molar-refractivity contribution is 5.36. The van der Waals surface area contributed by atoms with Crippen molar-refractivity contribution in [3.05, 3.63) is 66.2 Å². The Hall–Kier alpha value is -1.80. The summed E-state index contributed by atoms with van der Waals surface area (Å²) < 4.78 is 9.65. The molecule has 0 radical (unpaired) electrons. The summed E-state index contributed by atoms with van der Waals surface area (Å²) in [6.07, 6.45) is 6.83. The lowest BCUT2D eigenvalue weighted by molar-refractivity contribution is 0.277. The van der Waals surface area contributed by atoms with Gasteiger partial charge in [-0.25, -0.2) is 0 Å². The van der Waals surface area contributed by atoms with Crippen LogP contribution in [0.3, 0.4) is 0 Å². The van der Waals surface area contributed by atoms with E-state index in [0.29, 0.717) is 0 Å². The first-order chi connectivity index (χ1) is 11.3. The number of methoxy groups -OCH3 is 2. The molecular formula is C21H30O2. The molecular weight excluding hydrogens is 284 g/mol. The molecule has 3 rings (SSSR count). The summed E-state index contributed by atoms with van der Waals surface area (Å²) in [6, 6.07) is 20.5. The van der Waals surface area contributed by atoms with Crippen molar-refractivity contribution in [1.82, 2.24) is 0 Å². The SMILES string of the molecule is COC.COc1ccccc1C1CCCCC1.c1ccccc1. The quantitative estimate of drug-likeness (QED) is 0.708. The first-order valence-electron chi connectivity index (χ1n) is 8.36. The minimum absolute atomic E-state index is 0.736. The normalized spacial score (nSPS) is 13.9. The van der Waals surface area contributed by atoms with Gasteiger partial charge in [0.1, 0.15) is 5.75 Å². The van der Waals surface area contributed by atoms with Crippen LogP contribution in [0.5, 0.6) is 5.75 Å². The van der Waals surface area contributed by atoms with Crippen LogP contribution in [0.25, 0.3) is 0 Å². The largest absolute Gasteiger partial charge is 0.496 e. The summed E-state index contributed by atoms with van der Waals surface area (Å²) in [5.74, 6) is 1.80. The Morgan fingerprint density at radius 1 is 0.696 bits per heavy atom. The van der Waals surface area contributed by atoms with E-state index in [1.54, 1.807) is 21.3 Å². The summed E-state index contributed by atoms with van der Waals surface area (Å²) in [6.45, 7) is 0. The number of para-hydroxylation sites is 1. The fraction of sp³-hybridized carbons (Fsp3) is 0.429. The van der Waals surface area contributed by atoms with Crippen molar-refractivity contribution < 1.29 is 9.47 Å². The first-order valence-corrected chi connectivity index (χ1v) is 8.36. The van der Waals surface area contributed by atoms with E-state index in [0.717, 1.165) is 11.7 Å². The predicted octanol–water partition coefficient (Wildman–Crippen LogP) is 5.69. The first kappa shape index (κ1) is 19.2. The summed E-state index contributed by atoms with van der Waals surface area (Å²) in [5.41, 5.74) is 1.41. The molecule has 2 aromatic carbocycles. The summed E-state index contributed by atoms with van der Waals surface area (Å²) in [5, 5.41) is 0. The second kappa shape index (κ2) is 12.7. The molecule has 0 unspecified atom stereocenters. The van der Waals surface area contributed by atoms with Gasteiger partial charge in [0.25, 0.3) is 0 Å². The standard InChI is InChI=1S/C13H18O.C6H6.C2H6O/c1-14-13-10-6-5-9-12(13)11-7-3-2-4-8-11;1-2-4-6-5-3-1;1-3-2/h5-6,9-11H,2-4,7-8H2,1H3;1-6H;1-2H3. The molecule has 1 aliphatic rings. The van der Waals surface area contributed by atoms with E-state index in [-0.39, 0.29) is 0 Å². The van der Waals surface area contributed by atoms with Crippen molar-refractivity contribution >= 4 is 0 Å². The number of rotatable bonds is 2. The molecule has 0 bridgehead atoms. The van der Waals surface area contributed by atoms with Crippen LogP contribution in [0.15, 0.2) is 60.7 Å². The van der Waals surface area contributed by atoms with Crippen LogP contribution in [0.1, 0.15) is 43.6 Å². The van der Waals surface area contributed by atoms with E-state index in [4.69, 9.17) is 4.74 Å². The highest BCUT2D eigenvalue weighted by Gasteiger charge is 2.18. The lowest BCUT2D eigenvalue weighted by Gasteiger charge is -2.23. The zero-order valence-corrected chi connectivity index (χ0v) is 14.7. The number of hydrogen-bond acceptors (Lipinski definition) is 2. The lowest BCUT2D eigenvalue weighted by Crippen LogP contribution is -2.05. The minimum atomic E-state index is 0.736. The third-order valence-electron chi connectivity index (χ3n) is 3.85. The van der Waals surface area contributed by atoms with Crippen molar-refractivity contribution in [2.45, 2.75) is 38.0 Å². The van der Waals surface area contributed by atoms with Crippen LogP contribution in [0.2, 0.25) is 0 Å². The molecule has 0 aliphatic heterocycles. The molecule has 0 amide bonds. The molecule has 2 aromatic rings. The smallest absolute Gasteiger partial charge is 0.122 e. The van der Waals surface area contributed by atoms with Crippen molar-refractivity contribution in [2.75, 3.05) is 21.3 Å². The van der Waals surface area contributed by atoms with Gasteiger partial charge in [0, 0.05) is 14.2 Å². The summed E-state index contributed by atoms with van der Waals surface area (Å²) >= 11 is 0. The zero-order valence-electron chi connectivity index (χ0n) is 14.7. The van der Waals surface area contributed by atoms with Gasteiger partial charge in [-0.2, -0.15) is 0 Å². The average molecular weight is 314 g/mol. The molecule has 0 heterocycles. The Kier molecular flexibility index (Phi) is 10.6. The third kappa shape index (κ3) is 7.85. The molecule has 2 heteroatoms. The number of benzene rings is 2. The fourth-order valence-corrected chi connectivity index (χ4v) is 2.80. The average Bonchev–Trinajstić information content (AvgIpc) is 2.65. The van der Waals surface area contributed by atoms with Gasteiger partial charge >= 0.3 is 0 Å². The van der Waals surface area contributed by atoms with Crippen LogP contribution in [0, 0.1) is 0 Å². The van der Waals surface area contributed by atoms with Gasteiger partial charge in [0.2, 0.25) is 0 Å². The van der Waals surface area contributed by atoms with Gasteiger partial charge in [-0.05, 0) is 30.4 Å². The molecule has 23 heavy (non-hydrogen) atoms. The monoisotopic (exact) mass is 314 g/mol. The van der Waals surface area contributed by atoms with E-state index < -0.39 is 0 Å². The molecule has 0 aromatic heterocycles. The molecule has 0 N–H and O–H groups in total. The zero-order chi connectivity index (χ0) is 16.8. The van der Waals surface area contributed by atoms with Gasteiger partial charge in [-0.1, -0.05) is 73.9 Å². The van der Waals surface area contributed by atoms with Crippen LogP contribution in [-0.4, -0.2) is 21.3 Å². The van der Waals surface area contributed by atoms with Crippen molar-refractivity contribution in [3.63, 3.8) is 0 Å². The maximum absolute atomic E-state index is 5.40. The van der Waals surface area contributed by atoms with Crippen molar-refractivity contribution in [3.8, 4) is 5.75 Å². The molecule has 0 atom stereocenters. The number of ether oxygens (including phenoxy) is 2. The molecule has 1 fully saturated rings. The van der Waals surface area contributed by atoms with Gasteiger partial charge in [0.15, 0.2) is 0 Å². The van der Waals surface area contributed by atoms with Crippen molar-refractivity contribution in [2.24, 2.45) is 0 Å². The maximum Gasteiger partial charge on any atom is 0.122 e. The van der Waals surface area contributed by atoms with E-state index in [2.05, 4.69) is 22.9 Å².